The maximum absolute atomic E-state index is 10.1. The van der Waals surface area contributed by atoms with E-state index < -0.39 is 6.10 Å². The highest BCUT2D eigenvalue weighted by atomic mass is 35.5. The van der Waals surface area contributed by atoms with E-state index in [1.165, 1.54) is 11.8 Å². The smallest absolute Gasteiger partial charge is 0.253 e. The second kappa shape index (κ2) is 7.78. The molecule has 0 fully saturated rings. The molecule has 9 heteroatoms. The summed E-state index contributed by atoms with van der Waals surface area (Å²) in [4.78, 5) is 8.70. The van der Waals surface area contributed by atoms with Crippen LogP contribution in [0.2, 0.25) is 10.0 Å². The Labute approximate surface area is 159 Å². The van der Waals surface area contributed by atoms with Gasteiger partial charge in [-0.05, 0) is 32.0 Å². The number of hydrogen-bond donors (Lipinski definition) is 1. The summed E-state index contributed by atoms with van der Waals surface area (Å²) < 4.78 is 7.21. The molecule has 1 N–H and O–H groups in total. The van der Waals surface area contributed by atoms with Crippen molar-refractivity contribution in [2.24, 2.45) is 0 Å². The summed E-state index contributed by atoms with van der Waals surface area (Å²) in [7, 11) is 0. The molecule has 0 radical (unpaired) electrons. The molecule has 3 rings (SSSR count). The molecule has 2 aromatic heterocycles. The molecule has 6 nitrogen and oxygen atoms in total. The van der Waals surface area contributed by atoms with Crippen molar-refractivity contribution >= 4 is 40.7 Å². The van der Waals surface area contributed by atoms with Gasteiger partial charge in [0.1, 0.15) is 12.4 Å². The number of halogens is 2. The second-order valence-electron chi connectivity index (χ2n) is 5.50. The quantitative estimate of drug-likeness (QED) is 0.639. The highest BCUT2D eigenvalue weighted by Gasteiger charge is 2.13. The van der Waals surface area contributed by atoms with Gasteiger partial charge in [0.05, 0.1) is 11.1 Å². The minimum absolute atomic E-state index is 0.0941. The number of benzene rings is 1. The van der Waals surface area contributed by atoms with E-state index >= 15 is 0 Å². The first-order chi connectivity index (χ1) is 11.9. The first-order valence-electron chi connectivity index (χ1n) is 7.52. The summed E-state index contributed by atoms with van der Waals surface area (Å²) in [5.74, 6) is 1.38. The van der Waals surface area contributed by atoms with Crippen LogP contribution in [0.3, 0.4) is 0 Å². The number of aliphatic hydroxyl groups excluding tert-OH is 1. The third-order valence-electron chi connectivity index (χ3n) is 3.33. The van der Waals surface area contributed by atoms with Crippen molar-refractivity contribution in [3.8, 4) is 5.75 Å². The van der Waals surface area contributed by atoms with Crippen molar-refractivity contribution in [2.45, 2.75) is 25.1 Å². The number of ether oxygens (including phenoxy) is 1. The third-order valence-corrected chi connectivity index (χ3v) is 4.86. The van der Waals surface area contributed by atoms with Gasteiger partial charge in [0.25, 0.3) is 5.78 Å². The van der Waals surface area contributed by atoms with Gasteiger partial charge in [-0.1, -0.05) is 35.0 Å². The lowest BCUT2D eigenvalue weighted by Crippen LogP contribution is -2.20. The minimum atomic E-state index is -0.706. The third kappa shape index (κ3) is 4.55. The van der Waals surface area contributed by atoms with E-state index in [-0.39, 0.29) is 6.61 Å². The Hall–Kier alpha value is -1.54. The molecule has 0 spiro atoms. The first-order valence-corrected chi connectivity index (χ1v) is 9.26. The van der Waals surface area contributed by atoms with Crippen LogP contribution in [0.4, 0.5) is 0 Å². The second-order valence-corrected chi connectivity index (χ2v) is 7.33. The summed E-state index contributed by atoms with van der Waals surface area (Å²) in [6.45, 7) is 3.95. The van der Waals surface area contributed by atoms with Gasteiger partial charge in [-0.15, -0.1) is 5.10 Å². The molecule has 0 saturated heterocycles. The molecule has 0 aliphatic heterocycles. The van der Waals surface area contributed by atoms with E-state index in [9.17, 15) is 5.11 Å². The maximum Gasteiger partial charge on any atom is 0.253 e. The van der Waals surface area contributed by atoms with E-state index in [4.69, 9.17) is 27.9 Å². The van der Waals surface area contributed by atoms with Crippen LogP contribution >= 0.6 is 35.0 Å². The van der Waals surface area contributed by atoms with Crippen LogP contribution in [-0.4, -0.2) is 43.2 Å². The standard InChI is InChI=1S/C16H16Cl2N4O2S/c1-9-5-10(2)22-15(19-9)20-16(21-22)25-8-12(23)7-24-14-6-11(17)3-4-13(14)18/h3-6,12,23H,7-8H2,1-2H3/t12-/m0/s1. The van der Waals surface area contributed by atoms with Gasteiger partial charge in [-0.2, -0.15) is 4.98 Å². The molecule has 25 heavy (non-hydrogen) atoms. The van der Waals surface area contributed by atoms with Gasteiger partial charge in [-0.25, -0.2) is 9.50 Å². The molecule has 132 valence electrons. The fourth-order valence-corrected chi connectivity index (χ4v) is 3.26. The lowest BCUT2D eigenvalue weighted by atomic mass is 10.3. The van der Waals surface area contributed by atoms with E-state index in [2.05, 4.69) is 15.1 Å². The zero-order valence-corrected chi connectivity index (χ0v) is 15.9. The number of fused-ring (bicyclic) bond motifs is 1. The van der Waals surface area contributed by atoms with Crippen LogP contribution in [0.5, 0.6) is 5.75 Å². The fourth-order valence-electron chi connectivity index (χ4n) is 2.20. The van der Waals surface area contributed by atoms with Crippen molar-refractivity contribution in [1.29, 1.82) is 0 Å². The highest BCUT2D eigenvalue weighted by Crippen LogP contribution is 2.28. The first kappa shape index (κ1) is 18.3. The van der Waals surface area contributed by atoms with Crippen LogP contribution in [0.15, 0.2) is 29.4 Å². The predicted molar refractivity (Wildman–Crippen MR) is 98.9 cm³/mol. The van der Waals surface area contributed by atoms with Gasteiger partial charge < -0.3 is 9.84 Å². The van der Waals surface area contributed by atoms with E-state index in [1.54, 1.807) is 22.7 Å². The fraction of sp³-hybridized carbons (Fsp3) is 0.312. The average molecular weight is 399 g/mol. The Morgan fingerprint density at radius 1 is 1.24 bits per heavy atom. The molecule has 3 aromatic rings. The summed E-state index contributed by atoms with van der Waals surface area (Å²) in [5.41, 5.74) is 1.85. The molecule has 1 aromatic carbocycles. The molecule has 0 unspecified atom stereocenters. The Kier molecular flexibility index (Phi) is 5.68. The van der Waals surface area contributed by atoms with E-state index in [0.29, 0.717) is 32.5 Å². The monoisotopic (exact) mass is 398 g/mol. The Balaban J connectivity index is 1.58. The Bertz CT molecular complexity index is 903. The summed E-state index contributed by atoms with van der Waals surface area (Å²) >= 11 is 13.3. The molecule has 0 aliphatic rings. The highest BCUT2D eigenvalue weighted by molar-refractivity contribution is 7.99. The SMILES string of the molecule is Cc1cc(C)n2nc(SC[C@@H](O)COc3cc(Cl)ccc3Cl)nc2n1. The number of aryl methyl sites for hydroxylation is 2. The summed E-state index contributed by atoms with van der Waals surface area (Å²) in [5, 5.41) is 16.0. The number of rotatable bonds is 6. The van der Waals surface area contributed by atoms with Crippen molar-refractivity contribution in [3.05, 3.63) is 45.7 Å². The summed E-state index contributed by atoms with van der Waals surface area (Å²) in [6.07, 6.45) is -0.706. The van der Waals surface area contributed by atoms with Crippen LogP contribution < -0.4 is 4.74 Å². The Morgan fingerprint density at radius 2 is 2.04 bits per heavy atom. The van der Waals surface area contributed by atoms with Gasteiger partial charge in [0.15, 0.2) is 0 Å². The lowest BCUT2D eigenvalue weighted by Gasteiger charge is -2.12. The molecule has 0 saturated carbocycles. The number of hydrogen-bond acceptors (Lipinski definition) is 6. The number of thioether (sulfide) groups is 1. The average Bonchev–Trinajstić information content (AvgIpc) is 2.97. The summed E-state index contributed by atoms with van der Waals surface area (Å²) in [6, 6.07) is 6.88. The zero-order valence-electron chi connectivity index (χ0n) is 13.6. The number of aliphatic hydroxyl groups is 1. The predicted octanol–water partition coefficient (Wildman–Crippen LogP) is 3.58. The molecular weight excluding hydrogens is 383 g/mol. The molecular formula is C16H16Cl2N4O2S. The van der Waals surface area contributed by atoms with Gasteiger partial charge in [-0.3, -0.25) is 0 Å². The van der Waals surface area contributed by atoms with E-state index in [1.807, 2.05) is 19.9 Å². The van der Waals surface area contributed by atoms with E-state index in [0.717, 1.165) is 11.4 Å². The topological polar surface area (TPSA) is 72.5 Å². The van der Waals surface area contributed by atoms with Crippen molar-refractivity contribution < 1.29 is 9.84 Å². The zero-order chi connectivity index (χ0) is 18.0. The maximum atomic E-state index is 10.1. The van der Waals surface area contributed by atoms with Crippen LogP contribution in [0, 0.1) is 13.8 Å². The molecule has 0 aliphatic carbocycles. The normalized spacial score (nSPS) is 12.5. The molecule has 2 heterocycles. The van der Waals surface area contributed by atoms with Crippen molar-refractivity contribution in [1.82, 2.24) is 19.6 Å². The van der Waals surface area contributed by atoms with Crippen LogP contribution in [-0.2, 0) is 0 Å². The van der Waals surface area contributed by atoms with Gasteiger partial charge in [0, 0.05) is 28.2 Å². The number of aromatic nitrogens is 4. The van der Waals surface area contributed by atoms with Crippen molar-refractivity contribution in [2.75, 3.05) is 12.4 Å². The van der Waals surface area contributed by atoms with Crippen LogP contribution in [0.25, 0.3) is 5.78 Å². The molecule has 1 atom stereocenters. The number of nitrogens with zero attached hydrogens (tertiary/aromatic N) is 4. The Morgan fingerprint density at radius 3 is 2.84 bits per heavy atom. The van der Waals surface area contributed by atoms with Crippen molar-refractivity contribution in [3.63, 3.8) is 0 Å². The van der Waals surface area contributed by atoms with Crippen LogP contribution in [0.1, 0.15) is 11.4 Å². The molecule has 0 bridgehead atoms. The largest absolute Gasteiger partial charge is 0.489 e. The molecule has 0 amide bonds. The van der Waals surface area contributed by atoms with Gasteiger partial charge in [0.2, 0.25) is 5.16 Å². The minimum Gasteiger partial charge on any atom is -0.489 e. The lowest BCUT2D eigenvalue weighted by molar-refractivity contribution is 0.126. The van der Waals surface area contributed by atoms with Gasteiger partial charge >= 0.3 is 0 Å².